The fourth-order valence-electron chi connectivity index (χ4n) is 2.87. The van der Waals surface area contributed by atoms with E-state index in [0.717, 1.165) is 11.1 Å². The number of nitrogens with one attached hydrogen (secondary N) is 1. The third kappa shape index (κ3) is 4.20. The zero-order valence-corrected chi connectivity index (χ0v) is 17.1. The van der Waals surface area contributed by atoms with E-state index in [2.05, 4.69) is 26.1 Å². The van der Waals surface area contributed by atoms with Gasteiger partial charge in [-0.15, -0.1) is 0 Å². The van der Waals surface area contributed by atoms with Crippen LogP contribution in [0.1, 0.15) is 31.9 Å². The second kappa shape index (κ2) is 7.68. The van der Waals surface area contributed by atoms with Crippen LogP contribution in [0.2, 0.25) is 5.02 Å². The minimum atomic E-state index is -0.364. The predicted octanol–water partition coefficient (Wildman–Crippen LogP) is 4.15. The Labute approximate surface area is 169 Å². The summed E-state index contributed by atoms with van der Waals surface area (Å²) in [7, 11) is 1.55. The van der Waals surface area contributed by atoms with Crippen molar-refractivity contribution in [1.29, 1.82) is 0 Å². The first-order valence-corrected chi connectivity index (χ1v) is 9.39. The van der Waals surface area contributed by atoms with E-state index in [9.17, 15) is 9.59 Å². The molecule has 1 aliphatic rings. The van der Waals surface area contributed by atoms with E-state index in [1.54, 1.807) is 37.4 Å². The molecule has 0 bridgehead atoms. The average Bonchev–Trinajstić information content (AvgIpc) is 2.65. The molecule has 28 heavy (non-hydrogen) atoms. The number of anilines is 1. The van der Waals surface area contributed by atoms with Gasteiger partial charge in [0, 0.05) is 12.1 Å². The molecule has 0 aromatic heterocycles. The molecule has 1 heterocycles. The molecule has 6 heteroatoms. The first-order chi connectivity index (χ1) is 13.2. The van der Waals surface area contributed by atoms with Crippen LogP contribution >= 0.6 is 11.6 Å². The SMILES string of the molecule is CNC(=O)CN1C(=O)/C(=C\c2ccc(Cl)cc2)Oc2ccc(C(C)(C)C)cc21. The van der Waals surface area contributed by atoms with Crippen molar-refractivity contribution in [2.24, 2.45) is 0 Å². The summed E-state index contributed by atoms with van der Waals surface area (Å²) in [5.41, 5.74) is 2.32. The average molecular weight is 399 g/mol. The van der Waals surface area contributed by atoms with Crippen molar-refractivity contribution in [3.63, 3.8) is 0 Å². The van der Waals surface area contributed by atoms with Gasteiger partial charge in [0.15, 0.2) is 11.5 Å². The van der Waals surface area contributed by atoms with Crippen LogP contribution in [0.4, 0.5) is 5.69 Å². The highest BCUT2D eigenvalue weighted by molar-refractivity contribution is 6.30. The van der Waals surface area contributed by atoms with E-state index in [1.807, 2.05) is 18.2 Å². The number of ether oxygens (including phenoxy) is 1. The van der Waals surface area contributed by atoms with E-state index in [-0.39, 0.29) is 29.5 Å². The Morgan fingerprint density at radius 2 is 1.86 bits per heavy atom. The highest BCUT2D eigenvalue weighted by Gasteiger charge is 2.32. The van der Waals surface area contributed by atoms with Gasteiger partial charge in [0.1, 0.15) is 6.54 Å². The molecule has 2 amide bonds. The van der Waals surface area contributed by atoms with Gasteiger partial charge in [0.05, 0.1) is 5.69 Å². The third-order valence-electron chi connectivity index (χ3n) is 4.54. The zero-order chi connectivity index (χ0) is 20.5. The highest BCUT2D eigenvalue weighted by atomic mass is 35.5. The minimum Gasteiger partial charge on any atom is -0.449 e. The quantitative estimate of drug-likeness (QED) is 0.790. The van der Waals surface area contributed by atoms with Gasteiger partial charge < -0.3 is 10.1 Å². The largest absolute Gasteiger partial charge is 0.449 e. The van der Waals surface area contributed by atoms with Crippen molar-refractivity contribution in [2.45, 2.75) is 26.2 Å². The molecule has 0 unspecified atom stereocenters. The lowest BCUT2D eigenvalue weighted by Gasteiger charge is -2.32. The number of hydrogen-bond donors (Lipinski definition) is 1. The summed E-state index contributed by atoms with van der Waals surface area (Å²) in [6, 6.07) is 12.8. The molecule has 0 fully saturated rings. The molecular formula is C22H23ClN2O3. The van der Waals surface area contributed by atoms with E-state index in [1.165, 1.54) is 4.90 Å². The second-order valence-electron chi connectivity index (χ2n) is 7.66. The lowest BCUT2D eigenvalue weighted by Crippen LogP contribution is -2.43. The highest BCUT2D eigenvalue weighted by Crippen LogP contribution is 2.39. The molecule has 3 rings (SSSR count). The van der Waals surface area contributed by atoms with Crippen molar-refractivity contribution in [3.05, 3.63) is 64.4 Å². The number of rotatable bonds is 3. The van der Waals surface area contributed by atoms with E-state index in [4.69, 9.17) is 16.3 Å². The van der Waals surface area contributed by atoms with Crippen molar-refractivity contribution < 1.29 is 14.3 Å². The van der Waals surface area contributed by atoms with E-state index in [0.29, 0.717) is 16.5 Å². The molecular weight excluding hydrogens is 376 g/mol. The Morgan fingerprint density at radius 3 is 2.46 bits per heavy atom. The molecule has 0 atom stereocenters. The summed E-state index contributed by atoms with van der Waals surface area (Å²) >= 11 is 5.93. The Kier molecular flexibility index (Phi) is 5.47. The Bertz CT molecular complexity index is 943. The number of hydrogen-bond acceptors (Lipinski definition) is 3. The first-order valence-electron chi connectivity index (χ1n) is 9.01. The molecule has 0 spiro atoms. The van der Waals surface area contributed by atoms with Crippen LogP contribution in [0.5, 0.6) is 5.75 Å². The lowest BCUT2D eigenvalue weighted by atomic mass is 9.86. The monoisotopic (exact) mass is 398 g/mol. The smallest absolute Gasteiger partial charge is 0.294 e. The van der Waals surface area contributed by atoms with Gasteiger partial charge in [0.2, 0.25) is 5.91 Å². The molecule has 0 saturated heterocycles. The molecule has 0 aliphatic carbocycles. The van der Waals surface area contributed by atoms with E-state index < -0.39 is 0 Å². The van der Waals surface area contributed by atoms with Crippen molar-refractivity contribution in [1.82, 2.24) is 5.32 Å². The maximum atomic E-state index is 13.1. The van der Waals surface area contributed by atoms with Crippen LogP contribution in [0.3, 0.4) is 0 Å². The molecule has 0 saturated carbocycles. The summed E-state index contributed by atoms with van der Waals surface area (Å²) in [4.78, 5) is 26.6. The summed E-state index contributed by atoms with van der Waals surface area (Å²) in [5.74, 6) is 0.0734. The van der Waals surface area contributed by atoms with Crippen molar-refractivity contribution in [2.75, 3.05) is 18.5 Å². The van der Waals surface area contributed by atoms with Crippen LogP contribution in [-0.4, -0.2) is 25.4 Å². The zero-order valence-electron chi connectivity index (χ0n) is 16.4. The summed E-state index contributed by atoms with van der Waals surface area (Å²) in [6.07, 6.45) is 1.65. The molecule has 5 nitrogen and oxygen atoms in total. The number of carbonyl (C=O) groups is 2. The first kappa shape index (κ1) is 20.0. The topological polar surface area (TPSA) is 58.6 Å². The normalized spacial score (nSPS) is 15.2. The second-order valence-corrected chi connectivity index (χ2v) is 8.10. The summed E-state index contributed by atoms with van der Waals surface area (Å²) in [5, 5.41) is 3.18. The fourth-order valence-corrected chi connectivity index (χ4v) is 2.99. The number of amides is 2. The van der Waals surface area contributed by atoms with Crippen LogP contribution in [0.15, 0.2) is 48.2 Å². The van der Waals surface area contributed by atoms with Gasteiger partial charge in [-0.1, -0.05) is 50.6 Å². The molecule has 2 aromatic carbocycles. The number of halogens is 1. The summed E-state index contributed by atoms with van der Waals surface area (Å²) in [6.45, 7) is 6.19. The van der Waals surface area contributed by atoms with Crippen LogP contribution in [0, 0.1) is 0 Å². The van der Waals surface area contributed by atoms with Gasteiger partial charge in [-0.3, -0.25) is 14.5 Å². The lowest BCUT2D eigenvalue weighted by molar-refractivity contribution is -0.123. The number of benzene rings is 2. The minimum absolute atomic E-state index is 0.0861. The fraction of sp³-hybridized carbons (Fsp3) is 0.273. The predicted molar refractivity (Wildman–Crippen MR) is 112 cm³/mol. The molecule has 2 aromatic rings. The van der Waals surface area contributed by atoms with Crippen molar-refractivity contribution >= 4 is 35.2 Å². The van der Waals surface area contributed by atoms with Gasteiger partial charge in [-0.05, 0) is 46.9 Å². The van der Waals surface area contributed by atoms with Crippen molar-refractivity contribution in [3.8, 4) is 5.75 Å². The maximum Gasteiger partial charge on any atom is 0.294 e. The standard InChI is InChI=1S/C22H23ClN2O3/c1-22(2,3)15-7-10-18-17(12-15)25(13-20(26)24-4)21(27)19(28-18)11-14-5-8-16(23)9-6-14/h5-12H,13H2,1-4H3,(H,24,26)/b19-11+. The molecule has 146 valence electrons. The number of fused-ring (bicyclic) bond motifs is 1. The third-order valence-corrected chi connectivity index (χ3v) is 4.79. The molecule has 1 N–H and O–H groups in total. The summed E-state index contributed by atoms with van der Waals surface area (Å²) < 4.78 is 5.90. The Morgan fingerprint density at radius 1 is 1.18 bits per heavy atom. The molecule has 1 aliphatic heterocycles. The van der Waals surface area contributed by atoms with Crippen LogP contribution in [-0.2, 0) is 15.0 Å². The Balaban J connectivity index is 2.06. The van der Waals surface area contributed by atoms with E-state index >= 15 is 0 Å². The van der Waals surface area contributed by atoms with Gasteiger partial charge in [0.25, 0.3) is 5.91 Å². The van der Waals surface area contributed by atoms with Crippen LogP contribution < -0.4 is 15.0 Å². The van der Waals surface area contributed by atoms with Gasteiger partial charge in [-0.2, -0.15) is 0 Å². The molecule has 0 radical (unpaired) electrons. The van der Waals surface area contributed by atoms with Gasteiger partial charge in [-0.25, -0.2) is 0 Å². The van der Waals surface area contributed by atoms with Gasteiger partial charge >= 0.3 is 0 Å². The Hall–Kier alpha value is -2.79. The van der Waals surface area contributed by atoms with Crippen LogP contribution in [0.25, 0.3) is 6.08 Å². The maximum absolute atomic E-state index is 13.1. The number of nitrogens with zero attached hydrogens (tertiary/aromatic N) is 1. The number of carbonyl (C=O) groups excluding carboxylic acids is 2. The number of likely N-dealkylation sites (N-methyl/N-ethyl adjacent to an activating group) is 1.